The number of hydrogen-bond donors (Lipinski definition) is 1. The molecule has 0 aromatic rings. The van der Waals surface area contributed by atoms with Crippen LogP contribution in [0.4, 0.5) is 0 Å². The molecule has 1 aliphatic rings. The van der Waals surface area contributed by atoms with Crippen LogP contribution in [0.5, 0.6) is 0 Å². The summed E-state index contributed by atoms with van der Waals surface area (Å²) in [5.41, 5.74) is 0.152. The smallest absolute Gasteiger partial charge is 0.0834 e. The molecule has 0 aliphatic heterocycles. The number of likely N-dealkylation sites (N-methyl/N-ethyl adjacent to an activating group) is 1. The van der Waals surface area contributed by atoms with Crippen molar-refractivity contribution in [3.8, 4) is 0 Å². The lowest BCUT2D eigenvalue weighted by molar-refractivity contribution is -0.0617. The highest BCUT2D eigenvalue weighted by Crippen LogP contribution is 2.37. The second-order valence-electron chi connectivity index (χ2n) is 4.33. The third-order valence-electron chi connectivity index (χ3n) is 3.44. The first-order valence-electron chi connectivity index (χ1n) is 6.10. The predicted octanol–water partition coefficient (Wildman–Crippen LogP) is 2.72. The molecule has 1 fully saturated rings. The van der Waals surface area contributed by atoms with Crippen molar-refractivity contribution in [3.05, 3.63) is 0 Å². The fraction of sp³-hybridized carbons (Fsp3) is 1.00. The van der Waals surface area contributed by atoms with E-state index < -0.39 is 0 Å². The van der Waals surface area contributed by atoms with E-state index in [1.807, 2.05) is 0 Å². The van der Waals surface area contributed by atoms with Crippen LogP contribution in [-0.2, 0) is 4.74 Å². The van der Waals surface area contributed by atoms with Crippen LogP contribution < -0.4 is 5.32 Å². The Morgan fingerprint density at radius 3 is 2.36 bits per heavy atom. The molecule has 1 unspecified atom stereocenters. The van der Waals surface area contributed by atoms with Crippen LogP contribution >= 0.6 is 0 Å². The van der Waals surface area contributed by atoms with Crippen LogP contribution in [0.1, 0.15) is 52.4 Å². The largest absolute Gasteiger partial charge is 0.374 e. The molecule has 0 saturated heterocycles. The molecular formula is C12H25NO. The van der Waals surface area contributed by atoms with Crippen LogP contribution in [0.25, 0.3) is 0 Å². The van der Waals surface area contributed by atoms with E-state index in [0.717, 1.165) is 6.61 Å². The lowest BCUT2D eigenvalue weighted by atomic mass is 9.89. The Labute approximate surface area is 88.4 Å². The summed E-state index contributed by atoms with van der Waals surface area (Å²) in [6.45, 7) is 5.21. The van der Waals surface area contributed by atoms with Gasteiger partial charge in [0.1, 0.15) is 0 Å². The van der Waals surface area contributed by atoms with Crippen LogP contribution in [0, 0.1) is 0 Å². The summed E-state index contributed by atoms with van der Waals surface area (Å²) in [6, 6.07) is 0.551. The fourth-order valence-corrected chi connectivity index (χ4v) is 2.81. The van der Waals surface area contributed by atoms with Gasteiger partial charge >= 0.3 is 0 Å². The Bertz CT molecular complexity index is 152. The molecule has 1 rings (SSSR count). The number of ether oxygens (including phenoxy) is 1. The normalized spacial score (nSPS) is 22.5. The van der Waals surface area contributed by atoms with Gasteiger partial charge in [-0.2, -0.15) is 0 Å². The average Bonchev–Trinajstić information content (AvgIpc) is 2.64. The second kappa shape index (κ2) is 5.72. The van der Waals surface area contributed by atoms with E-state index in [-0.39, 0.29) is 5.60 Å². The summed E-state index contributed by atoms with van der Waals surface area (Å²) < 4.78 is 6.03. The maximum Gasteiger partial charge on any atom is 0.0834 e. The summed E-state index contributed by atoms with van der Waals surface area (Å²) >= 11 is 0. The minimum Gasteiger partial charge on any atom is -0.374 e. The predicted molar refractivity (Wildman–Crippen MR) is 60.6 cm³/mol. The topological polar surface area (TPSA) is 21.3 Å². The Hall–Kier alpha value is -0.0800. The van der Waals surface area contributed by atoms with Gasteiger partial charge in [-0.3, -0.25) is 0 Å². The first-order valence-corrected chi connectivity index (χ1v) is 6.10. The second-order valence-corrected chi connectivity index (χ2v) is 4.33. The van der Waals surface area contributed by atoms with Crippen molar-refractivity contribution >= 4 is 0 Å². The number of nitrogens with one attached hydrogen (secondary N) is 1. The first kappa shape index (κ1) is 12.0. The Kier molecular flexibility index (Phi) is 4.90. The van der Waals surface area contributed by atoms with Crippen LogP contribution in [0.3, 0.4) is 0 Å². The average molecular weight is 199 g/mol. The van der Waals surface area contributed by atoms with Gasteiger partial charge in [-0.15, -0.1) is 0 Å². The van der Waals surface area contributed by atoms with E-state index in [0.29, 0.717) is 6.04 Å². The van der Waals surface area contributed by atoms with E-state index in [4.69, 9.17) is 4.74 Å². The molecule has 0 spiro atoms. The van der Waals surface area contributed by atoms with Crippen LogP contribution in [0.15, 0.2) is 0 Å². The van der Waals surface area contributed by atoms with Crippen LogP contribution in [-0.4, -0.2) is 25.3 Å². The maximum atomic E-state index is 6.03. The molecule has 0 bridgehead atoms. The Morgan fingerprint density at radius 1 is 1.29 bits per heavy atom. The number of rotatable bonds is 6. The minimum atomic E-state index is 0.152. The van der Waals surface area contributed by atoms with Gasteiger partial charge in [0, 0.05) is 12.6 Å². The molecule has 0 amide bonds. The van der Waals surface area contributed by atoms with Gasteiger partial charge in [-0.05, 0) is 33.2 Å². The zero-order valence-electron chi connectivity index (χ0n) is 9.94. The standard InChI is InChI=1S/C12H25NO/c1-4-8-11(13-3)12(14-5-2)9-6-7-10-12/h11,13H,4-10H2,1-3H3. The van der Waals surface area contributed by atoms with E-state index in [9.17, 15) is 0 Å². The third-order valence-corrected chi connectivity index (χ3v) is 3.44. The van der Waals surface area contributed by atoms with Gasteiger partial charge in [-0.25, -0.2) is 0 Å². The van der Waals surface area contributed by atoms with Gasteiger partial charge in [0.2, 0.25) is 0 Å². The molecule has 1 N–H and O–H groups in total. The zero-order valence-corrected chi connectivity index (χ0v) is 9.94. The van der Waals surface area contributed by atoms with Crippen molar-refractivity contribution in [2.24, 2.45) is 0 Å². The summed E-state index contributed by atoms with van der Waals surface area (Å²) in [7, 11) is 2.07. The highest BCUT2D eigenvalue weighted by Gasteiger charge is 2.40. The first-order chi connectivity index (χ1) is 6.79. The summed E-state index contributed by atoms with van der Waals surface area (Å²) in [5.74, 6) is 0. The highest BCUT2D eigenvalue weighted by molar-refractivity contribution is 4.96. The van der Waals surface area contributed by atoms with E-state index in [1.54, 1.807) is 0 Å². The van der Waals surface area contributed by atoms with Gasteiger partial charge in [-0.1, -0.05) is 26.2 Å². The number of hydrogen-bond acceptors (Lipinski definition) is 2. The minimum absolute atomic E-state index is 0.152. The Balaban J connectivity index is 2.62. The SMILES string of the molecule is CCCC(NC)C1(OCC)CCCC1. The molecule has 0 heterocycles. The van der Waals surface area contributed by atoms with E-state index >= 15 is 0 Å². The monoisotopic (exact) mass is 199 g/mol. The fourth-order valence-electron chi connectivity index (χ4n) is 2.81. The molecule has 0 radical (unpaired) electrons. The molecule has 0 aromatic carbocycles. The molecule has 14 heavy (non-hydrogen) atoms. The molecule has 2 heteroatoms. The molecule has 0 aromatic heterocycles. The van der Waals surface area contributed by atoms with Gasteiger partial charge in [0.25, 0.3) is 0 Å². The molecule has 1 atom stereocenters. The van der Waals surface area contributed by atoms with Crippen molar-refractivity contribution in [1.82, 2.24) is 5.32 Å². The summed E-state index contributed by atoms with van der Waals surface area (Å²) in [6.07, 6.45) is 7.62. The van der Waals surface area contributed by atoms with Gasteiger partial charge in [0.05, 0.1) is 5.60 Å². The van der Waals surface area contributed by atoms with Gasteiger partial charge < -0.3 is 10.1 Å². The van der Waals surface area contributed by atoms with Crippen LogP contribution in [0.2, 0.25) is 0 Å². The highest BCUT2D eigenvalue weighted by atomic mass is 16.5. The third kappa shape index (κ3) is 2.48. The molecular weight excluding hydrogens is 174 g/mol. The quantitative estimate of drug-likeness (QED) is 0.710. The molecule has 1 aliphatic carbocycles. The van der Waals surface area contributed by atoms with Gasteiger partial charge in [0.15, 0.2) is 0 Å². The van der Waals surface area contributed by atoms with Crippen molar-refractivity contribution in [1.29, 1.82) is 0 Å². The summed E-state index contributed by atoms with van der Waals surface area (Å²) in [5, 5.41) is 3.45. The van der Waals surface area contributed by atoms with Crippen molar-refractivity contribution in [3.63, 3.8) is 0 Å². The maximum absolute atomic E-state index is 6.03. The molecule has 1 saturated carbocycles. The lowest BCUT2D eigenvalue weighted by Crippen LogP contribution is -2.49. The van der Waals surface area contributed by atoms with E-state index in [2.05, 4.69) is 26.2 Å². The van der Waals surface area contributed by atoms with Crippen molar-refractivity contribution in [2.45, 2.75) is 64.0 Å². The summed E-state index contributed by atoms with van der Waals surface area (Å²) in [4.78, 5) is 0. The molecule has 84 valence electrons. The Morgan fingerprint density at radius 2 is 1.93 bits per heavy atom. The lowest BCUT2D eigenvalue weighted by Gasteiger charge is -2.37. The zero-order chi connectivity index (χ0) is 10.4. The van der Waals surface area contributed by atoms with E-state index in [1.165, 1.54) is 38.5 Å². The van der Waals surface area contributed by atoms with Crippen molar-refractivity contribution < 1.29 is 4.74 Å². The van der Waals surface area contributed by atoms with Crippen molar-refractivity contribution in [2.75, 3.05) is 13.7 Å². The molecule has 2 nitrogen and oxygen atoms in total.